The second-order valence-electron chi connectivity index (χ2n) is 6.99. The van der Waals surface area contributed by atoms with Gasteiger partial charge < -0.3 is 5.32 Å². The Bertz CT molecular complexity index is 896. The molecule has 1 aliphatic rings. The SMILES string of the molecule is Cc1c(NC(=O)C2CCN(Cc3ccc(Cl)c(Cl)c3)CC2)cccc1[N+](=O)[O-]. The highest BCUT2D eigenvalue weighted by Crippen LogP contribution is 2.28. The van der Waals surface area contributed by atoms with Crippen LogP contribution < -0.4 is 5.32 Å². The monoisotopic (exact) mass is 421 g/mol. The third-order valence-electron chi connectivity index (χ3n) is 5.11. The minimum Gasteiger partial charge on any atom is -0.325 e. The lowest BCUT2D eigenvalue weighted by Gasteiger charge is -2.31. The van der Waals surface area contributed by atoms with Crippen LogP contribution >= 0.6 is 23.2 Å². The normalized spacial score (nSPS) is 15.4. The number of anilines is 1. The van der Waals surface area contributed by atoms with Crippen LogP contribution in [0.3, 0.4) is 0 Å². The Morgan fingerprint density at radius 2 is 1.93 bits per heavy atom. The predicted octanol–water partition coefficient (Wildman–Crippen LogP) is 5.06. The van der Waals surface area contributed by atoms with Gasteiger partial charge in [-0.3, -0.25) is 19.8 Å². The van der Waals surface area contributed by atoms with Gasteiger partial charge in [-0.05, 0) is 56.6 Å². The quantitative estimate of drug-likeness (QED) is 0.540. The largest absolute Gasteiger partial charge is 0.325 e. The number of nitrogens with zero attached hydrogens (tertiary/aromatic N) is 2. The van der Waals surface area contributed by atoms with Gasteiger partial charge in [0.15, 0.2) is 0 Å². The predicted molar refractivity (Wildman–Crippen MR) is 111 cm³/mol. The summed E-state index contributed by atoms with van der Waals surface area (Å²) in [6.45, 7) is 4.00. The number of halogens is 2. The maximum Gasteiger partial charge on any atom is 0.274 e. The lowest BCUT2D eigenvalue weighted by Crippen LogP contribution is -2.37. The van der Waals surface area contributed by atoms with Gasteiger partial charge >= 0.3 is 0 Å². The average Bonchev–Trinajstić information content (AvgIpc) is 2.66. The highest BCUT2D eigenvalue weighted by atomic mass is 35.5. The molecular weight excluding hydrogens is 401 g/mol. The second kappa shape index (κ2) is 8.90. The molecule has 2 aromatic carbocycles. The summed E-state index contributed by atoms with van der Waals surface area (Å²) >= 11 is 12.0. The Hall–Kier alpha value is -2.15. The van der Waals surface area contributed by atoms with Crippen molar-refractivity contribution in [1.29, 1.82) is 0 Å². The van der Waals surface area contributed by atoms with Gasteiger partial charge in [-0.1, -0.05) is 35.3 Å². The zero-order chi connectivity index (χ0) is 20.3. The van der Waals surface area contributed by atoms with E-state index in [0.29, 0.717) is 21.3 Å². The number of hydrogen-bond donors (Lipinski definition) is 1. The standard InChI is InChI=1S/C20H21Cl2N3O3/c1-13-18(3-2-4-19(13)25(27)28)23-20(26)15-7-9-24(10-8-15)12-14-5-6-16(21)17(22)11-14/h2-6,11,15H,7-10,12H2,1H3,(H,23,26). The van der Waals surface area contributed by atoms with E-state index in [1.807, 2.05) is 12.1 Å². The molecule has 0 aromatic heterocycles. The summed E-state index contributed by atoms with van der Waals surface area (Å²) in [6, 6.07) is 10.3. The van der Waals surface area contributed by atoms with E-state index in [1.54, 1.807) is 25.1 Å². The summed E-state index contributed by atoms with van der Waals surface area (Å²) in [5.74, 6) is -0.193. The van der Waals surface area contributed by atoms with E-state index in [0.717, 1.165) is 38.0 Å². The van der Waals surface area contributed by atoms with Crippen molar-refractivity contribution < 1.29 is 9.72 Å². The number of carbonyl (C=O) groups excluding carboxylic acids is 1. The molecule has 0 spiro atoms. The van der Waals surface area contributed by atoms with Gasteiger partial charge in [-0.15, -0.1) is 0 Å². The number of nitro groups is 1. The first kappa shape index (κ1) is 20.6. The third kappa shape index (κ3) is 4.82. The van der Waals surface area contributed by atoms with E-state index >= 15 is 0 Å². The fourth-order valence-corrected chi connectivity index (χ4v) is 3.76. The number of benzene rings is 2. The lowest BCUT2D eigenvalue weighted by atomic mass is 9.95. The van der Waals surface area contributed by atoms with Crippen LogP contribution in [0.15, 0.2) is 36.4 Å². The molecule has 148 valence electrons. The van der Waals surface area contributed by atoms with Crippen molar-refractivity contribution >= 4 is 40.5 Å². The molecule has 0 unspecified atom stereocenters. The van der Waals surface area contributed by atoms with Gasteiger partial charge in [0.2, 0.25) is 5.91 Å². The maximum absolute atomic E-state index is 12.6. The molecule has 1 heterocycles. The molecule has 8 heteroatoms. The van der Waals surface area contributed by atoms with Crippen LogP contribution in [0.25, 0.3) is 0 Å². The molecular formula is C20H21Cl2N3O3. The minimum atomic E-state index is -0.438. The van der Waals surface area contributed by atoms with Crippen LogP contribution in [0.5, 0.6) is 0 Å². The van der Waals surface area contributed by atoms with Crippen LogP contribution in [0.2, 0.25) is 10.0 Å². The second-order valence-corrected chi connectivity index (χ2v) is 7.81. The molecule has 1 N–H and O–H groups in total. The van der Waals surface area contributed by atoms with Crippen molar-refractivity contribution in [2.24, 2.45) is 5.92 Å². The van der Waals surface area contributed by atoms with Crippen LogP contribution in [-0.2, 0) is 11.3 Å². The molecule has 1 fully saturated rings. The van der Waals surface area contributed by atoms with Gasteiger partial charge in [-0.25, -0.2) is 0 Å². The summed E-state index contributed by atoms with van der Waals surface area (Å²) in [5.41, 5.74) is 2.06. The number of piperidine rings is 1. The van der Waals surface area contributed by atoms with Crippen LogP contribution in [0.4, 0.5) is 11.4 Å². The molecule has 3 rings (SSSR count). The summed E-state index contributed by atoms with van der Waals surface area (Å²) in [6.07, 6.45) is 1.47. The molecule has 6 nitrogen and oxygen atoms in total. The number of amides is 1. The maximum atomic E-state index is 12.6. The summed E-state index contributed by atoms with van der Waals surface area (Å²) in [5, 5.41) is 15.0. The number of hydrogen-bond acceptors (Lipinski definition) is 4. The molecule has 2 aromatic rings. The van der Waals surface area contributed by atoms with Gasteiger partial charge in [0.1, 0.15) is 0 Å². The zero-order valence-corrected chi connectivity index (χ0v) is 17.0. The Morgan fingerprint density at radius 1 is 1.21 bits per heavy atom. The molecule has 0 radical (unpaired) electrons. The van der Waals surface area contributed by atoms with E-state index in [9.17, 15) is 14.9 Å². The van der Waals surface area contributed by atoms with Crippen molar-refractivity contribution in [2.45, 2.75) is 26.3 Å². The Balaban J connectivity index is 1.56. The van der Waals surface area contributed by atoms with Crippen LogP contribution in [0.1, 0.15) is 24.0 Å². The molecule has 1 saturated heterocycles. The molecule has 0 atom stereocenters. The molecule has 28 heavy (non-hydrogen) atoms. The van der Waals surface area contributed by atoms with Crippen molar-refractivity contribution in [3.63, 3.8) is 0 Å². The number of likely N-dealkylation sites (tertiary alicyclic amines) is 1. The fraction of sp³-hybridized carbons (Fsp3) is 0.350. The summed E-state index contributed by atoms with van der Waals surface area (Å²) < 4.78 is 0. The number of nitrogens with one attached hydrogen (secondary N) is 1. The van der Waals surface area contributed by atoms with Crippen molar-refractivity contribution in [3.8, 4) is 0 Å². The fourth-order valence-electron chi connectivity index (χ4n) is 3.44. The van der Waals surface area contributed by atoms with Gasteiger partial charge in [0, 0.05) is 18.5 Å². The molecule has 0 bridgehead atoms. The van der Waals surface area contributed by atoms with Gasteiger partial charge in [-0.2, -0.15) is 0 Å². The highest BCUT2D eigenvalue weighted by Gasteiger charge is 2.26. The van der Waals surface area contributed by atoms with Crippen molar-refractivity contribution in [3.05, 3.63) is 67.7 Å². The molecule has 0 saturated carbocycles. The summed E-state index contributed by atoms with van der Waals surface area (Å²) in [4.78, 5) is 25.5. The van der Waals surface area contributed by atoms with Gasteiger partial charge in [0.25, 0.3) is 5.69 Å². The minimum absolute atomic E-state index is 0.00856. The Morgan fingerprint density at radius 3 is 2.57 bits per heavy atom. The molecule has 0 aliphatic carbocycles. The smallest absolute Gasteiger partial charge is 0.274 e. The Labute approximate surface area is 173 Å². The first-order valence-electron chi connectivity index (χ1n) is 9.06. The van der Waals surface area contributed by atoms with Crippen molar-refractivity contribution in [2.75, 3.05) is 18.4 Å². The third-order valence-corrected chi connectivity index (χ3v) is 5.85. The van der Waals surface area contributed by atoms with Gasteiger partial charge in [0.05, 0.1) is 26.2 Å². The molecule has 1 amide bonds. The van der Waals surface area contributed by atoms with E-state index in [2.05, 4.69) is 10.2 Å². The first-order chi connectivity index (χ1) is 13.3. The van der Waals surface area contributed by atoms with E-state index in [1.165, 1.54) is 6.07 Å². The van der Waals surface area contributed by atoms with Crippen LogP contribution in [-0.4, -0.2) is 28.8 Å². The average molecular weight is 422 g/mol. The van der Waals surface area contributed by atoms with E-state index < -0.39 is 4.92 Å². The van der Waals surface area contributed by atoms with E-state index in [4.69, 9.17) is 23.2 Å². The topological polar surface area (TPSA) is 75.5 Å². The zero-order valence-electron chi connectivity index (χ0n) is 15.5. The lowest BCUT2D eigenvalue weighted by molar-refractivity contribution is -0.385. The number of rotatable bonds is 5. The summed E-state index contributed by atoms with van der Waals surface area (Å²) in [7, 11) is 0. The number of nitro benzene ring substituents is 1. The van der Waals surface area contributed by atoms with Crippen LogP contribution in [0, 0.1) is 23.0 Å². The Kier molecular flexibility index (Phi) is 6.54. The van der Waals surface area contributed by atoms with Crippen molar-refractivity contribution in [1.82, 2.24) is 4.90 Å². The number of carbonyl (C=O) groups is 1. The molecule has 1 aliphatic heterocycles. The van der Waals surface area contributed by atoms with E-state index in [-0.39, 0.29) is 17.5 Å². The first-order valence-corrected chi connectivity index (χ1v) is 9.82. The highest BCUT2D eigenvalue weighted by molar-refractivity contribution is 6.42.